The largest absolute Gasteiger partial charge is 0.463 e. The van der Waals surface area contributed by atoms with Crippen molar-refractivity contribution in [1.82, 2.24) is 15.5 Å². The predicted molar refractivity (Wildman–Crippen MR) is 133 cm³/mol. The van der Waals surface area contributed by atoms with Crippen molar-refractivity contribution >= 4 is 35.1 Å². The van der Waals surface area contributed by atoms with E-state index in [9.17, 15) is 14.4 Å². The maximum Gasteiger partial charge on any atom is 0.308 e. The second-order valence-corrected chi connectivity index (χ2v) is 8.94. The SMILES string of the molecule is CCCCCCCCCCCCCC(=O)NC(=S)N1CCNC(=O)C1CC(=O)OCCOC. The van der Waals surface area contributed by atoms with Crippen LogP contribution in [0.3, 0.4) is 0 Å². The van der Waals surface area contributed by atoms with Gasteiger partial charge in [-0.25, -0.2) is 0 Å². The van der Waals surface area contributed by atoms with Gasteiger partial charge in [-0.05, 0) is 18.6 Å². The van der Waals surface area contributed by atoms with E-state index in [-0.39, 0.29) is 30.0 Å². The second kappa shape index (κ2) is 18.7. The van der Waals surface area contributed by atoms with Crippen LogP contribution >= 0.6 is 12.2 Å². The van der Waals surface area contributed by atoms with E-state index >= 15 is 0 Å². The van der Waals surface area contributed by atoms with Gasteiger partial charge in [0, 0.05) is 26.6 Å². The molecule has 1 aliphatic rings. The van der Waals surface area contributed by atoms with E-state index in [2.05, 4.69) is 17.6 Å². The molecule has 0 spiro atoms. The zero-order valence-corrected chi connectivity index (χ0v) is 21.3. The van der Waals surface area contributed by atoms with E-state index in [1.54, 1.807) is 4.90 Å². The molecule has 190 valence electrons. The lowest BCUT2D eigenvalue weighted by Gasteiger charge is -2.36. The van der Waals surface area contributed by atoms with Crippen molar-refractivity contribution in [2.75, 3.05) is 33.4 Å². The lowest BCUT2D eigenvalue weighted by molar-refractivity contribution is -0.148. The molecule has 0 aromatic heterocycles. The highest BCUT2D eigenvalue weighted by Crippen LogP contribution is 2.13. The number of methoxy groups -OCH3 is 1. The van der Waals surface area contributed by atoms with Crippen LogP contribution in [0, 0.1) is 0 Å². The highest BCUT2D eigenvalue weighted by atomic mass is 32.1. The summed E-state index contributed by atoms with van der Waals surface area (Å²) in [6.07, 6.45) is 13.7. The van der Waals surface area contributed by atoms with Crippen molar-refractivity contribution < 1.29 is 23.9 Å². The smallest absolute Gasteiger partial charge is 0.308 e. The van der Waals surface area contributed by atoms with E-state index in [0.717, 1.165) is 19.3 Å². The molecule has 9 heteroatoms. The Morgan fingerprint density at radius 3 is 2.24 bits per heavy atom. The molecular weight excluding hydrogens is 442 g/mol. The Labute approximate surface area is 204 Å². The number of hydrogen-bond acceptors (Lipinski definition) is 6. The van der Waals surface area contributed by atoms with Crippen LogP contribution in [0.1, 0.15) is 90.4 Å². The van der Waals surface area contributed by atoms with Gasteiger partial charge >= 0.3 is 5.97 Å². The molecule has 0 saturated carbocycles. The third kappa shape index (κ3) is 13.5. The Bertz CT molecular complexity index is 603. The maximum atomic E-state index is 12.3. The quantitative estimate of drug-likeness (QED) is 0.185. The third-order valence-corrected chi connectivity index (χ3v) is 6.09. The van der Waals surface area contributed by atoms with Crippen LogP contribution in [-0.2, 0) is 23.9 Å². The molecule has 1 aliphatic heterocycles. The van der Waals surface area contributed by atoms with E-state index in [0.29, 0.717) is 26.1 Å². The summed E-state index contributed by atoms with van der Waals surface area (Å²) in [6, 6.07) is -0.788. The number of nitrogens with one attached hydrogen (secondary N) is 2. The molecule has 0 aromatic rings. The number of amides is 2. The van der Waals surface area contributed by atoms with Crippen LogP contribution in [0.4, 0.5) is 0 Å². The van der Waals surface area contributed by atoms with Crippen molar-refractivity contribution in [3.05, 3.63) is 0 Å². The highest BCUT2D eigenvalue weighted by Gasteiger charge is 2.34. The lowest BCUT2D eigenvalue weighted by atomic mass is 10.1. The molecule has 1 rings (SSSR count). The number of nitrogens with zero attached hydrogens (tertiary/aromatic N) is 1. The summed E-state index contributed by atoms with van der Waals surface area (Å²) in [5.41, 5.74) is 0. The fourth-order valence-electron chi connectivity index (χ4n) is 3.82. The monoisotopic (exact) mass is 485 g/mol. The molecule has 2 N–H and O–H groups in total. The van der Waals surface area contributed by atoms with Gasteiger partial charge in [-0.2, -0.15) is 0 Å². The Hall–Kier alpha value is -1.74. The maximum absolute atomic E-state index is 12.3. The summed E-state index contributed by atoms with van der Waals surface area (Å²) in [6.45, 7) is 3.49. The van der Waals surface area contributed by atoms with E-state index in [1.165, 1.54) is 58.5 Å². The molecule has 1 fully saturated rings. The van der Waals surface area contributed by atoms with Crippen molar-refractivity contribution in [2.45, 2.75) is 96.4 Å². The molecule has 0 bridgehead atoms. The average Bonchev–Trinajstić information content (AvgIpc) is 2.79. The Morgan fingerprint density at radius 1 is 1.03 bits per heavy atom. The normalized spacial score (nSPS) is 15.8. The molecule has 33 heavy (non-hydrogen) atoms. The molecule has 1 atom stereocenters. The van der Waals surface area contributed by atoms with Gasteiger partial charge in [-0.1, -0.05) is 71.1 Å². The average molecular weight is 486 g/mol. The number of thiocarbonyl (C=S) groups is 1. The van der Waals surface area contributed by atoms with E-state index in [4.69, 9.17) is 21.7 Å². The molecule has 1 heterocycles. The number of carbonyl (C=O) groups is 3. The first-order valence-corrected chi connectivity index (χ1v) is 12.9. The van der Waals surface area contributed by atoms with Gasteiger partial charge in [0.1, 0.15) is 12.6 Å². The van der Waals surface area contributed by atoms with Crippen LogP contribution in [0.5, 0.6) is 0 Å². The molecule has 0 radical (unpaired) electrons. The second-order valence-electron chi connectivity index (χ2n) is 8.56. The number of esters is 1. The highest BCUT2D eigenvalue weighted by molar-refractivity contribution is 7.80. The molecule has 1 unspecified atom stereocenters. The minimum atomic E-state index is -0.788. The number of ether oxygens (including phenoxy) is 2. The van der Waals surface area contributed by atoms with Gasteiger partial charge in [0.2, 0.25) is 11.8 Å². The van der Waals surface area contributed by atoms with Crippen LogP contribution in [0.15, 0.2) is 0 Å². The summed E-state index contributed by atoms with van der Waals surface area (Å²) in [5.74, 6) is -0.954. The van der Waals surface area contributed by atoms with Crippen LogP contribution in [-0.4, -0.2) is 67.3 Å². The van der Waals surface area contributed by atoms with Crippen molar-refractivity contribution in [3.8, 4) is 0 Å². The molecule has 0 aromatic carbocycles. The van der Waals surface area contributed by atoms with Crippen LogP contribution in [0.25, 0.3) is 0 Å². The first kappa shape index (κ1) is 29.3. The zero-order valence-electron chi connectivity index (χ0n) is 20.5. The predicted octanol–water partition coefficient (Wildman–Crippen LogP) is 3.47. The summed E-state index contributed by atoms with van der Waals surface area (Å²) >= 11 is 5.37. The number of unbranched alkanes of at least 4 members (excludes halogenated alkanes) is 10. The Kier molecular flexibility index (Phi) is 16.6. The van der Waals surface area contributed by atoms with Crippen LogP contribution in [0.2, 0.25) is 0 Å². The summed E-state index contributed by atoms with van der Waals surface area (Å²) in [5, 5.41) is 5.65. The van der Waals surface area contributed by atoms with Gasteiger partial charge in [0.25, 0.3) is 0 Å². The fourth-order valence-corrected chi connectivity index (χ4v) is 4.15. The number of carbonyl (C=O) groups excluding carboxylic acids is 3. The lowest BCUT2D eigenvalue weighted by Crippen LogP contribution is -2.60. The standard InChI is InChI=1S/C24H43N3O5S/c1-3-4-5-6-7-8-9-10-11-12-13-14-21(28)26-24(33)27-16-15-25-23(30)20(27)19-22(29)32-18-17-31-2/h20H,3-19H2,1-2H3,(H,25,30)(H,26,28,33). The number of piperazine rings is 1. The molecular formula is C24H43N3O5S. The fraction of sp³-hybridized carbons (Fsp3) is 0.833. The van der Waals surface area contributed by atoms with E-state index < -0.39 is 12.0 Å². The van der Waals surface area contributed by atoms with Crippen LogP contribution < -0.4 is 10.6 Å². The van der Waals surface area contributed by atoms with Crippen molar-refractivity contribution in [1.29, 1.82) is 0 Å². The van der Waals surface area contributed by atoms with Gasteiger partial charge in [0.15, 0.2) is 5.11 Å². The molecule has 8 nitrogen and oxygen atoms in total. The minimum Gasteiger partial charge on any atom is -0.463 e. The van der Waals surface area contributed by atoms with Gasteiger partial charge in [0.05, 0.1) is 13.0 Å². The molecule has 1 saturated heterocycles. The summed E-state index contributed by atoms with van der Waals surface area (Å²) in [4.78, 5) is 38.2. The van der Waals surface area contributed by atoms with E-state index in [1.807, 2.05) is 0 Å². The third-order valence-electron chi connectivity index (χ3n) is 5.76. The topological polar surface area (TPSA) is 97.0 Å². The Balaban J connectivity index is 2.24. The van der Waals surface area contributed by atoms with Gasteiger partial charge in [-0.3, -0.25) is 14.4 Å². The summed E-state index contributed by atoms with van der Waals surface area (Å²) < 4.78 is 9.92. The number of rotatable bonds is 17. The molecule has 0 aliphatic carbocycles. The first-order chi connectivity index (χ1) is 16.0. The Morgan fingerprint density at radius 2 is 1.64 bits per heavy atom. The minimum absolute atomic E-state index is 0.129. The first-order valence-electron chi connectivity index (χ1n) is 12.5. The van der Waals surface area contributed by atoms with Crippen molar-refractivity contribution in [2.24, 2.45) is 0 Å². The van der Waals surface area contributed by atoms with Gasteiger partial charge in [-0.15, -0.1) is 0 Å². The zero-order chi connectivity index (χ0) is 24.3. The van der Waals surface area contributed by atoms with Gasteiger partial charge < -0.3 is 25.0 Å². The molecule has 2 amide bonds. The summed E-state index contributed by atoms with van der Waals surface area (Å²) in [7, 11) is 1.52. The number of hydrogen-bond donors (Lipinski definition) is 2. The van der Waals surface area contributed by atoms with Crippen molar-refractivity contribution in [3.63, 3.8) is 0 Å².